The maximum absolute atomic E-state index is 12.2. The van der Waals surface area contributed by atoms with Crippen LogP contribution in [0.3, 0.4) is 0 Å². The first-order valence-corrected chi connectivity index (χ1v) is 15.5. The van der Waals surface area contributed by atoms with E-state index < -0.39 is 12.2 Å². The van der Waals surface area contributed by atoms with Crippen molar-refractivity contribution in [2.75, 3.05) is 14.2 Å². The summed E-state index contributed by atoms with van der Waals surface area (Å²) in [5.74, 6) is -0.609. The highest BCUT2D eigenvalue weighted by Crippen LogP contribution is 2.37. The van der Waals surface area contributed by atoms with Crippen molar-refractivity contribution >= 4 is 56.3 Å². The van der Waals surface area contributed by atoms with Gasteiger partial charge in [-0.05, 0) is 112 Å². The number of H-pyrrole nitrogens is 2. The van der Waals surface area contributed by atoms with E-state index in [-0.39, 0.29) is 24.8 Å². The van der Waals surface area contributed by atoms with Crippen LogP contribution >= 0.6 is 0 Å². The van der Waals surface area contributed by atoms with Crippen molar-refractivity contribution in [3.05, 3.63) is 69.3 Å². The maximum Gasteiger partial charge on any atom is 0.305 e. The number of aliphatic hydroxyl groups is 2. The maximum atomic E-state index is 12.2. The van der Waals surface area contributed by atoms with Crippen LogP contribution in [-0.2, 0) is 31.9 Å². The molecule has 0 aliphatic carbocycles. The molecule has 10 nitrogen and oxygen atoms in total. The van der Waals surface area contributed by atoms with Gasteiger partial charge in [-0.15, -0.1) is 0 Å². The number of esters is 2. The Morgan fingerprint density at radius 2 is 1.04 bits per heavy atom. The van der Waals surface area contributed by atoms with Crippen LogP contribution in [-0.4, -0.2) is 68.5 Å². The number of methoxy groups -OCH3 is 2. The fraction of sp³-hybridized carbons (Fsp3) is 0.389. The van der Waals surface area contributed by atoms with Gasteiger partial charge in [-0.3, -0.25) is 9.59 Å². The van der Waals surface area contributed by atoms with E-state index in [1.54, 1.807) is 13.8 Å². The Bertz CT molecular complexity index is 1960. The Balaban J connectivity index is 1.93. The van der Waals surface area contributed by atoms with Gasteiger partial charge < -0.3 is 29.7 Å². The molecule has 2 atom stereocenters. The number of ether oxygens (including phenoxy) is 2. The van der Waals surface area contributed by atoms with E-state index in [4.69, 9.17) is 19.4 Å². The van der Waals surface area contributed by atoms with Crippen molar-refractivity contribution in [1.82, 2.24) is 19.9 Å². The Morgan fingerprint density at radius 1 is 0.652 bits per heavy atom. The molecule has 0 spiro atoms. The highest BCUT2D eigenvalue weighted by molar-refractivity contribution is 5.97. The zero-order valence-electron chi connectivity index (χ0n) is 27.7. The predicted octanol–water partition coefficient (Wildman–Crippen LogP) is 5.77. The van der Waals surface area contributed by atoms with Crippen molar-refractivity contribution in [1.29, 1.82) is 0 Å². The van der Waals surface area contributed by atoms with Gasteiger partial charge in [-0.25, -0.2) is 9.97 Å². The van der Waals surface area contributed by atoms with Crippen molar-refractivity contribution in [2.45, 2.75) is 79.4 Å². The summed E-state index contributed by atoms with van der Waals surface area (Å²) in [5.41, 5.74) is 12.7. The lowest BCUT2D eigenvalue weighted by Crippen LogP contribution is -2.03. The average molecular weight is 627 g/mol. The summed E-state index contributed by atoms with van der Waals surface area (Å²) in [6, 6.07) is 7.77. The molecule has 0 radical (unpaired) electrons. The minimum absolute atomic E-state index is 0.203. The highest BCUT2D eigenvalue weighted by Gasteiger charge is 2.25. The number of carbonyl (C=O) groups excluding carboxylic acids is 2. The molecule has 0 saturated heterocycles. The van der Waals surface area contributed by atoms with E-state index in [2.05, 4.69) is 9.97 Å². The first-order chi connectivity index (χ1) is 21.8. The lowest BCUT2D eigenvalue weighted by molar-refractivity contribution is -0.141. The first-order valence-electron chi connectivity index (χ1n) is 15.5. The van der Waals surface area contributed by atoms with E-state index >= 15 is 0 Å². The minimum Gasteiger partial charge on any atom is -0.469 e. The Hall–Kier alpha value is -4.54. The van der Waals surface area contributed by atoms with E-state index in [1.807, 2.05) is 52.0 Å². The first kappa shape index (κ1) is 32.8. The molecular weight excluding hydrogens is 584 g/mol. The second-order valence-electron chi connectivity index (χ2n) is 12.0. The molecule has 5 heterocycles. The standard InChI is InChI=1S/C36H42N4O6/c1-17-23(9-11-33(43)45-7)29-16-30-24(10-12-34(44)46-8)18(2)26(38-30)14-31-36(22(6)42)20(4)28(40-31)15-32-35(21(5)41)19(3)27(39-32)13-25(17)37-29/h13-16,21-22,37-38,41-42H,9-12H2,1-8H3. The van der Waals surface area contributed by atoms with Crippen molar-refractivity contribution < 1.29 is 29.3 Å². The molecule has 5 rings (SSSR count). The van der Waals surface area contributed by atoms with Gasteiger partial charge in [0.1, 0.15) is 0 Å². The number of rotatable bonds is 8. The lowest BCUT2D eigenvalue weighted by Gasteiger charge is -2.08. The third kappa shape index (κ3) is 6.15. The molecule has 0 fully saturated rings. The smallest absolute Gasteiger partial charge is 0.305 e. The van der Waals surface area contributed by atoms with Crippen LogP contribution in [0.15, 0.2) is 24.3 Å². The Kier molecular flexibility index (Phi) is 9.32. The number of carbonyl (C=O) groups is 2. The summed E-state index contributed by atoms with van der Waals surface area (Å²) >= 11 is 0. The SMILES string of the molecule is COC(=O)CCc1c(C)c2cc3nc(cc4nc(cc5[nH]c(cc1[nH]2)c(CCC(=O)OC)c5C)C(C(C)O)=C4C)C(C(C)O)=C3C. The summed E-state index contributed by atoms with van der Waals surface area (Å²) < 4.78 is 9.88. The lowest BCUT2D eigenvalue weighted by atomic mass is 9.99. The largest absolute Gasteiger partial charge is 0.469 e. The third-order valence-electron chi connectivity index (χ3n) is 9.09. The molecule has 3 aromatic rings. The van der Waals surface area contributed by atoms with E-state index in [1.165, 1.54) is 14.2 Å². The fourth-order valence-corrected chi connectivity index (χ4v) is 6.51. The van der Waals surface area contributed by atoms with Crippen LogP contribution in [0.5, 0.6) is 0 Å². The number of aromatic amines is 2. The summed E-state index contributed by atoms with van der Waals surface area (Å²) in [6.07, 6.45) is -0.245. The van der Waals surface area contributed by atoms with Crippen LogP contribution in [0.4, 0.5) is 0 Å². The molecule has 10 heteroatoms. The summed E-state index contributed by atoms with van der Waals surface area (Å²) in [7, 11) is 2.76. The van der Waals surface area contributed by atoms with Gasteiger partial charge in [0.15, 0.2) is 0 Å². The van der Waals surface area contributed by atoms with Crippen molar-refractivity contribution in [2.24, 2.45) is 0 Å². The van der Waals surface area contributed by atoms with Gasteiger partial charge in [0.05, 0.1) is 49.2 Å². The second kappa shape index (κ2) is 13.1. The monoisotopic (exact) mass is 626 g/mol. The molecule has 242 valence electrons. The highest BCUT2D eigenvalue weighted by atomic mass is 16.5. The van der Waals surface area contributed by atoms with Gasteiger partial charge >= 0.3 is 11.9 Å². The Labute approximate surface area is 268 Å². The quantitative estimate of drug-likeness (QED) is 0.230. The number of aromatic nitrogens is 4. The number of nitrogens with one attached hydrogen (secondary N) is 2. The van der Waals surface area contributed by atoms with Crippen molar-refractivity contribution in [3.63, 3.8) is 0 Å². The van der Waals surface area contributed by atoms with Gasteiger partial charge in [0.2, 0.25) is 0 Å². The number of allylic oxidation sites excluding steroid dienone is 2. The molecular formula is C36H42N4O6. The molecule has 8 bridgehead atoms. The zero-order chi connectivity index (χ0) is 33.4. The zero-order valence-corrected chi connectivity index (χ0v) is 27.7. The number of hydrogen-bond donors (Lipinski definition) is 4. The fourth-order valence-electron chi connectivity index (χ4n) is 6.51. The summed E-state index contributed by atoms with van der Waals surface area (Å²) in [6.45, 7) is 11.3. The number of aliphatic hydroxyl groups excluding tert-OH is 2. The number of fused-ring (bicyclic) bond motifs is 8. The molecule has 2 aliphatic rings. The molecule has 2 aliphatic heterocycles. The molecule has 4 N–H and O–H groups in total. The molecule has 3 aromatic heterocycles. The molecule has 0 saturated carbocycles. The van der Waals surface area contributed by atoms with Crippen LogP contribution in [0.25, 0.3) is 44.4 Å². The van der Waals surface area contributed by atoms with E-state index in [0.29, 0.717) is 46.8 Å². The van der Waals surface area contributed by atoms with Crippen molar-refractivity contribution in [3.8, 4) is 0 Å². The van der Waals surface area contributed by atoms with E-state index in [9.17, 15) is 19.8 Å². The number of nitrogens with zero attached hydrogens (tertiary/aromatic N) is 2. The van der Waals surface area contributed by atoms with Crippen LogP contribution in [0, 0.1) is 13.8 Å². The normalized spacial score (nSPS) is 14.5. The van der Waals surface area contributed by atoms with Gasteiger partial charge in [-0.1, -0.05) is 0 Å². The molecule has 46 heavy (non-hydrogen) atoms. The molecule has 0 amide bonds. The third-order valence-corrected chi connectivity index (χ3v) is 9.09. The summed E-state index contributed by atoms with van der Waals surface area (Å²) in [5, 5.41) is 21.7. The summed E-state index contributed by atoms with van der Waals surface area (Å²) in [4.78, 5) is 41.4. The Morgan fingerprint density at radius 3 is 1.46 bits per heavy atom. The molecule has 0 aromatic carbocycles. The molecule has 2 unspecified atom stereocenters. The van der Waals surface area contributed by atoms with Crippen LogP contribution < -0.4 is 0 Å². The van der Waals surface area contributed by atoms with Gasteiger partial charge in [0, 0.05) is 46.1 Å². The minimum atomic E-state index is -0.782. The van der Waals surface area contributed by atoms with Crippen LogP contribution in [0.2, 0.25) is 0 Å². The second-order valence-corrected chi connectivity index (χ2v) is 12.0. The van der Waals surface area contributed by atoms with Gasteiger partial charge in [0.25, 0.3) is 0 Å². The number of hydrogen-bond acceptors (Lipinski definition) is 8. The topological polar surface area (TPSA) is 150 Å². The van der Waals surface area contributed by atoms with E-state index in [0.717, 1.165) is 55.5 Å². The number of aryl methyl sites for hydroxylation is 4. The average Bonchev–Trinajstić information content (AvgIpc) is 3.67. The van der Waals surface area contributed by atoms with Crippen LogP contribution in [0.1, 0.15) is 85.6 Å². The van der Waals surface area contributed by atoms with Gasteiger partial charge in [-0.2, -0.15) is 0 Å². The predicted molar refractivity (Wildman–Crippen MR) is 179 cm³/mol.